The van der Waals surface area contributed by atoms with Gasteiger partial charge in [-0.3, -0.25) is 4.79 Å². The predicted octanol–water partition coefficient (Wildman–Crippen LogP) is 4.99. The van der Waals surface area contributed by atoms with Gasteiger partial charge in [-0.15, -0.1) is 0 Å². The zero-order valence-electron chi connectivity index (χ0n) is 15.7. The summed E-state index contributed by atoms with van der Waals surface area (Å²) in [5.74, 6) is 0.293. The molecule has 2 aromatic carbocycles. The Bertz CT molecular complexity index is 930. The van der Waals surface area contributed by atoms with E-state index < -0.39 is 5.91 Å². The molecule has 1 amide bonds. The summed E-state index contributed by atoms with van der Waals surface area (Å²) in [6, 6.07) is 15.3. The monoisotopic (exact) mass is 518 g/mol. The summed E-state index contributed by atoms with van der Waals surface area (Å²) in [4.78, 5) is 12.3. The van der Waals surface area contributed by atoms with Crippen LogP contribution in [-0.4, -0.2) is 25.2 Å². The van der Waals surface area contributed by atoms with Crippen LogP contribution in [0.3, 0.4) is 0 Å². The van der Waals surface area contributed by atoms with Gasteiger partial charge in [0.2, 0.25) is 0 Å². The van der Waals surface area contributed by atoms with Crippen molar-refractivity contribution in [3.8, 4) is 11.8 Å². The molecule has 1 atom stereocenters. The number of ether oxygens (including phenoxy) is 2. The number of carbonyl (C=O) groups excluding carboxylic acids is 1. The van der Waals surface area contributed by atoms with Gasteiger partial charge in [0.25, 0.3) is 5.91 Å². The predicted molar refractivity (Wildman–Crippen MR) is 118 cm³/mol. The second-order valence-electron chi connectivity index (χ2n) is 6.62. The highest BCUT2D eigenvalue weighted by Gasteiger charge is 2.17. The zero-order chi connectivity index (χ0) is 20.6. The van der Waals surface area contributed by atoms with Crippen LogP contribution in [0.15, 0.2) is 57.0 Å². The van der Waals surface area contributed by atoms with Crippen molar-refractivity contribution in [2.45, 2.75) is 25.6 Å². The Kier molecular flexibility index (Phi) is 7.87. The molecule has 5 nitrogen and oxygen atoms in total. The van der Waals surface area contributed by atoms with E-state index in [2.05, 4.69) is 37.2 Å². The summed E-state index contributed by atoms with van der Waals surface area (Å²) in [5, 5.41) is 12.1. The standard InChI is InChI=1S/C22H20Br2N2O3/c23-18-6-3-15(4-7-18)14-29-21-8-5-16(11-20(21)24)10-17(12-25)22(27)26-13-19-2-1-9-28-19/h3-8,10-11,19H,1-2,9,13-14H2,(H,26,27)/b17-10+/t19-/m0/s1. The number of rotatable bonds is 7. The smallest absolute Gasteiger partial charge is 0.262 e. The fraction of sp³-hybridized carbons (Fsp3) is 0.273. The van der Waals surface area contributed by atoms with Gasteiger partial charge in [0.15, 0.2) is 0 Å². The third kappa shape index (κ3) is 6.43. The van der Waals surface area contributed by atoms with Crippen LogP contribution in [0.25, 0.3) is 6.08 Å². The number of hydrogen-bond donors (Lipinski definition) is 1. The molecule has 1 saturated heterocycles. The van der Waals surface area contributed by atoms with Gasteiger partial charge in [0, 0.05) is 17.6 Å². The first-order chi connectivity index (χ1) is 14.0. The van der Waals surface area contributed by atoms with Gasteiger partial charge in [0.1, 0.15) is 24.0 Å². The SMILES string of the molecule is N#C/C(=C\c1ccc(OCc2ccc(Br)cc2)c(Br)c1)C(=O)NC[C@@H]1CCCO1. The van der Waals surface area contributed by atoms with Crippen molar-refractivity contribution in [2.75, 3.05) is 13.2 Å². The largest absolute Gasteiger partial charge is 0.488 e. The van der Waals surface area contributed by atoms with Crippen molar-refractivity contribution in [1.82, 2.24) is 5.32 Å². The molecule has 0 spiro atoms. The second-order valence-corrected chi connectivity index (χ2v) is 8.39. The molecule has 2 aromatic rings. The number of nitrogens with one attached hydrogen (secondary N) is 1. The molecule has 1 heterocycles. The van der Waals surface area contributed by atoms with Gasteiger partial charge >= 0.3 is 0 Å². The molecule has 7 heteroatoms. The molecule has 0 bridgehead atoms. The van der Waals surface area contributed by atoms with Crippen LogP contribution < -0.4 is 10.1 Å². The van der Waals surface area contributed by atoms with Crippen LogP contribution in [0, 0.1) is 11.3 Å². The van der Waals surface area contributed by atoms with Crippen molar-refractivity contribution >= 4 is 43.8 Å². The van der Waals surface area contributed by atoms with Crippen LogP contribution >= 0.6 is 31.9 Å². The highest BCUT2D eigenvalue weighted by atomic mass is 79.9. The highest BCUT2D eigenvalue weighted by Crippen LogP contribution is 2.28. The Hall–Kier alpha value is -2.14. The summed E-state index contributed by atoms with van der Waals surface area (Å²) in [7, 11) is 0. The molecule has 1 fully saturated rings. The lowest BCUT2D eigenvalue weighted by molar-refractivity contribution is -0.117. The van der Waals surface area contributed by atoms with Crippen LogP contribution in [0.1, 0.15) is 24.0 Å². The lowest BCUT2D eigenvalue weighted by atomic mass is 10.1. The Morgan fingerprint density at radius 3 is 2.72 bits per heavy atom. The lowest BCUT2D eigenvalue weighted by Crippen LogP contribution is -2.32. The average Bonchev–Trinajstić information content (AvgIpc) is 3.24. The topological polar surface area (TPSA) is 71.3 Å². The Morgan fingerprint density at radius 2 is 2.07 bits per heavy atom. The van der Waals surface area contributed by atoms with E-state index in [0.29, 0.717) is 18.9 Å². The van der Waals surface area contributed by atoms with Crippen molar-refractivity contribution in [3.63, 3.8) is 0 Å². The molecule has 0 aliphatic carbocycles. The van der Waals surface area contributed by atoms with Gasteiger partial charge in [-0.2, -0.15) is 5.26 Å². The quantitative estimate of drug-likeness (QED) is 0.413. The van der Waals surface area contributed by atoms with Crippen molar-refractivity contribution in [2.24, 2.45) is 0 Å². The van der Waals surface area contributed by atoms with E-state index in [1.165, 1.54) is 0 Å². The minimum Gasteiger partial charge on any atom is -0.488 e. The molecule has 1 N–H and O–H groups in total. The number of amides is 1. The Morgan fingerprint density at radius 1 is 1.28 bits per heavy atom. The van der Waals surface area contributed by atoms with E-state index in [4.69, 9.17) is 9.47 Å². The highest BCUT2D eigenvalue weighted by molar-refractivity contribution is 9.10. The summed E-state index contributed by atoms with van der Waals surface area (Å²) >= 11 is 6.91. The number of nitrogens with zero attached hydrogens (tertiary/aromatic N) is 1. The molecule has 1 aliphatic rings. The maximum Gasteiger partial charge on any atom is 0.262 e. The van der Waals surface area contributed by atoms with E-state index in [1.807, 2.05) is 48.5 Å². The third-order valence-electron chi connectivity index (χ3n) is 4.45. The molecule has 3 rings (SSSR count). The maximum atomic E-state index is 12.3. The lowest BCUT2D eigenvalue weighted by Gasteiger charge is -2.11. The number of benzene rings is 2. The molecule has 1 aliphatic heterocycles. The Labute approximate surface area is 187 Å². The maximum absolute atomic E-state index is 12.3. The van der Waals surface area contributed by atoms with E-state index >= 15 is 0 Å². The van der Waals surface area contributed by atoms with Crippen LogP contribution in [0.5, 0.6) is 5.75 Å². The summed E-state index contributed by atoms with van der Waals surface area (Å²) < 4.78 is 13.1. The van der Waals surface area contributed by atoms with E-state index in [0.717, 1.165) is 39.5 Å². The molecule has 150 valence electrons. The van der Waals surface area contributed by atoms with Gasteiger partial charge < -0.3 is 14.8 Å². The van der Waals surface area contributed by atoms with Gasteiger partial charge in [0.05, 0.1) is 10.6 Å². The molecular formula is C22H20Br2N2O3. The van der Waals surface area contributed by atoms with Gasteiger partial charge in [-0.05, 0) is 70.2 Å². The van der Waals surface area contributed by atoms with Gasteiger partial charge in [-0.25, -0.2) is 0 Å². The molecule has 0 saturated carbocycles. The number of hydrogen-bond acceptors (Lipinski definition) is 4. The summed E-state index contributed by atoms with van der Waals surface area (Å²) in [6.45, 7) is 1.59. The fourth-order valence-corrected chi connectivity index (χ4v) is 3.66. The first kappa shape index (κ1) is 21.6. The van der Waals surface area contributed by atoms with E-state index in [-0.39, 0.29) is 11.7 Å². The summed E-state index contributed by atoms with van der Waals surface area (Å²) in [5.41, 5.74) is 1.84. The molecule has 0 aromatic heterocycles. The first-order valence-electron chi connectivity index (χ1n) is 9.23. The van der Waals surface area contributed by atoms with E-state index in [1.54, 1.807) is 6.08 Å². The van der Waals surface area contributed by atoms with Crippen molar-refractivity contribution in [3.05, 3.63) is 68.1 Å². The minimum absolute atomic E-state index is 0.0372. The molecule has 0 radical (unpaired) electrons. The van der Waals surface area contributed by atoms with Crippen LogP contribution in [0.4, 0.5) is 0 Å². The normalized spacial score (nSPS) is 16.3. The van der Waals surface area contributed by atoms with Crippen LogP contribution in [-0.2, 0) is 16.1 Å². The number of carbonyl (C=O) groups is 1. The van der Waals surface area contributed by atoms with Crippen molar-refractivity contribution < 1.29 is 14.3 Å². The number of nitriles is 1. The average molecular weight is 520 g/mol. The molecule has 29 heavy (non-hydrogen) atoms. The summed E-state index contributed by atoms with van der Waals surface area (Å²) in [6.07, 6.45) is 3.54. The minimum atomic E-state index is -0.394. The zero-order valence-corrected chi connectivity index (χ0v) is 18.8. The molecule has 0 unspecified atom stereocenters. The van der Waals surface area contributed by atoms with Gasteiger partial charge in [-0.1, -0.05) is 34.1 Å². The Balaban J connectivity index is 1.61. The molecular weight excluding hydrogens is 500 g/mol. The second kappa shape index (κ2) is 10.6. The first-order valence-corrected chi connectivity index (χ1v) is 10.8. The fourth-order valence-electron chi connectivity index (χ4n) is 2.89. The third-order valence-corrected chi connectivity index (χ3v) is 5.60. The number of halogens is 2. The van der Waals surface area contributed by atoms with Crippen LogP contribution in [0.2, 0.25) is 0 Å². The van der Waals surface area contributed by atoms with E-state index in [9.17, 15) is 10.1 Å². The van der Waals surface area contributed by atoms with Crippen molar-refractivity contribution in [1.29, 1.82) is 5.26 Å².